The van der Waals surface area contributed by atoms with Crippen LogP contribution in [0.15, 0.2) is 30.3 Å². The first-order valence-corrected chi connectivity index (χ1v) is 6.95. The third kappa shape index (κ3) is 2.51. The van der Waals surface area contributed by atoms with E-state index in [1.165, 1.54) is 5.56 Å². The summed E-state index contributed by atoms with van der Waals surface area (Å²) < 4.78 is 5.68. The molecular formula is C15H20N2O2. The lowest BCUT2D eigenvalue weighted by Gasteiger charge is -2.36. The monoisotopic (exact) mass is 260 g/mol. The summed E-state index contributed by atoms with van der Waals surface area (Å²) in [5, 5.41) is 0. The van der Waals surface area contributed by atoms with E-state index in [-0.39, 0.29) is 24.7 Å². The van der Waals surface area contributed by atoms with Crippen LogP contribution >= 0.6 is 0 Å². The Morgan fingerprint density at radius 2 is 2.05 bits per heavy atom. The van der Waals surface area contributed by atoms with Crippen LogP contribution in [0.5, 0.6) is 0 Å². The third-order valence-electron chi connectivity index (χ3n) is 4.10. The van der Waals surface area contributed by atoms with Gasteiger partial charge in [-0.05, 0) is 12.1 Å². The minimum Gasteiger partial charge on any atom is -0.365 e. The van der Waals surface area contributed by atoms with E-state index < -0.39 is 0 Å². The maximum atomic E-state index is 12.1. The molecule has 19 heavy (non-hydrogen) atoms. The maximum Gasteiger partial charge on any atom is 0.249 e. The predicted molar refractivity (Wildman–Crippen MR) is 72.6 cm³/mol. The zero-order chi connectivity index (χ0) is 13.2. The SMILES string of the molecule is CCN1C[C@@H]2[C@@H](C1)OCC(=O)N2Cc1ccccc1. The fourth-order valence-electron chi connectivity index (χ4n) is 2.99. The second-order valence-electron chi connectivity index (χ2n) is 5.28. The Morgan fingerprint density at radius 1 is 1.26 bits per heavy atom. The van der Waals surface area contributed by atoms with Gasteiger partial charge in [0.05, 0.1) is 12.1 Å². The van der Waals surface area contributed by atoms with Gasteiger partial charge in [-0.2, -0.15) is 0 Å². The van der Waals surface area contributed by atoms with Crippen molar-refractivity contribution in [2.75, 3.05) is 26.2 Å². The van der Waals surface area contributed by atoms with E-state index in [1.54, 1.807) is 0 Å². The number of carbonyl (C=O) groups excluding carboxylic acids is 1. The summed E-state index contributed by atoms with van der Waals surface area (Å²) in [7, 11) is 0. The number of nitrogens with zero attached hydrogens (tertiary/aromatic N) is 2. The zero-order valence-corrected chi connectivity index (χ0v) is 11.3. The summed E-state index contributed by atoms with van der Waals surface area (Å²) in [4.78, 5) is 16.5. The fraction of sp³-hybridized carbons (Fsp3) is 0.533. The molecule has 2 aliphatic rings. The Kier molecular flexibility index (Phi) is 3.53. The predicted octanol–water partition coefficient (Wildman–Crippen LogP) is 1.12. The number of benzene rings is 1. The molecule has 0 aliphatic carbocycles. The molecule has 2 aliphatic heterocycles. The summed E-state index contributed by atoms with van der Waals surface area (Å²) in [5.41, 5.74) is 1.19. The number of hydrogen-bond donors (Lipinski definition) is 0. The molecule has 2 saturated heterocycles. The highest BCUT2D eigenvalue weighted by molar-refractivity contribution is 5.78. The molecule has 1 aromatic carbocycles. The number of morpholine rings is 1. The van der Waals surface area contributed by atoms with Gasteiger partial charge in [-0.15, -0.1) is 0 Å². The number of fused-ring (bicyclic) bond motifs is 1. The molecule has 102 valence electrons. The molecule has 0 N–H and O–H groups in total. The molecular weight excluding hydrogens is 240 g/mol. The van der Waals surface area contributed by atoms with Crippen LogP contribution in [0.25, 0.3) is 0 Å². The highest BCUT2D eigenvalue weighted by Crippen LogP contribution is 2.24. The Balaban J connectivity index is 1.76. The lowest BCUT2D eigenvalue weighted by molar-refractivity contribution is -0.153. The molecule has 0 radical (unpaired) electrons. The van der Waals surface area contributed by atoms with E-state index in [0.29, 0.717) is 6.54 Å². The van der Waals surface area contributed by atoms with E-state index in [2.05, 4.69) is 24.0 Å². The first-order chi connectivity index (χ1) is 9.28. The molecule has 0 unspecified atom stereocenters. The summed E-state index contributed by atoms with van der Waals surface area (Å²) in [6.07, 6.45) is 0.182. The van der Waals surface area contributed by atoms with E-state index in [4.69, 9.17) is 4.74 Å². The van der Waals surface area contributed by atoms with Crippen molar-refractivity contribution in [1.82, 2.24) is 9.80 Å². The average molecular weight is 260 g/mol. The number of likely N-dealkylation sites (tertiary alicyclic amines) is 1. The van der Waals surface area contributed by atoms with Crippen molar-refractivity contribution in [3.05, 3.63) is 35.9 Å². The van der Waals surface area contributed by atoms with Crippen molar-refractivity contribution in [2.45, 2.75) is 25.6 Å². The molecule has 2 atom stereocenters. The van der Waals surface area contributed by atoms with Crippen molar-refractivity contribution in [1.29, 1.82) is 0 Å². The van der Waals surface area contributed by atoms with Crippen molar-refractivity contribution in [2.24, 2.45) is 0 Å². The summed E-state index contributed by atoms with van der Waals surface area (Å²) in [5.74, 6) is 0.114. The van der Waals surface area contributed by atoms with Crippen LogP contribution in [0.1, 0.15) is 12.5 Å². The van der Waals surface area contributed by atoms with Gasteiger partial charge in [-0.1, -0.05) is 37.3 Å². The molecule has 0 aromatic heterocycles. The largest absolute Gasteiger partial charge is 0.365 e. The fourth-order valence-corrected chi connectivity index (χ4v) is 2.99. The molecule has 4 heteroatoms. The van der Waals surface area contributed by atoms with Gasteiger partial charge in [-0.3, -0.25) is 9.69 Å². The number of rotatable bonds is 3. The number of hydrogen-bond acceptors (Lipinski definition) is 3. The Labute approximate surface area is 113 Å². The maximum absolute atomic E-state index is 12.1. The summed E-state index contributed by atoms with van der Waals surface area (Å²) in [6, 6.07) is 10.4. The highest BCUT2D eigenvalue weighted by atomic mass is 16.5. The molecule has 3 rings (SSSR count). The van der Waals surface area contributed by atoms with Gasteiger partial charge in [-0.25, -0.2) is 0 Å². The quantitative estimate of drug-likeness (QED) is 0.816. The lowest BCUT2D eigenvalue weighted by atomic mass is 10.1. The Bertz CT molecular complexity index is 449. The Morgan fingerprint density at radius 3 is 2.79 bits per heavy atom. The van der Waals surface area contributed by atoms with Crippen LogP contribution in [-0.4, -0.2) is 54.1 Å². The molecule has 2 heterocycles. The van der Waals surface area contributed by atoms with Gasteiger partial charge in [0, 0.05) is 19.6 Å². The molecule has 2 fully saturated rings. The molecule has 1 aromatic rings. The number of amides is 1. The normalized spacial score (nSPS) is 27.6. The van der Waals surface area contributed by atoms with E-state index in [0.717, 1.165) is 19.6 Å². The van der Waals surface area contributed by atoms with Crippen molar-refractivity contribution >= 4 is 5.91 Å². The molecule has 1 amide bonds. The highest BCUT2D eigenvalue weighted by Gasteiger charge is 2.42. The molecule has 4 nitrogen and oxygen atoms in total. The van der Waals surface area contributed by atoms with E-state index in [9.17, 15) is 4.79 Å². The van der Waals surface area contributed by atoms with Gasteiger partial charge in [0.15, 0.2) is 0 Å². The second kappa shape index (κ2) is 5.31. The van der Waals surface area contributed by atoms with Gasteiger partial charge < -0.3 is 9.64 Å². The van der Waals surface area contributed by atoms with Crippen molar-refractivity contribution < 1.29 is 9.53 Å². The standard InChI is InChI=1S/C15H20N2O2/c1-2-16-9-13-14(10-16)19-11-15(18)17(13)8-12-6-4-3-5-7-12/h3-7,13-14H,2,8-11H2,1H3/t13-,14-/m1/s1. The summed E-state index contributed by atoms with van der Waals surface area (Å²) in [6.45, 7) is 5.97. The minimum atomic E-state index is 0.114. The van der Waals surface area contributed by atoms with Crippen molar-refractivity contribution in [3.8, 4) is 0 Å². The zero-order valence-electron chi connectivity index (χ0n) is 11.3. The minimum absolute atomic E-state index is 0.114. The first kappa shape index (κ1) is 12.6. The van der Waals surface area contributed by atoms with Crippen LogP contribution in [-0.2, 0) is 16.1 Å². The smallest absolute Gasteiger partial charge is 0.249 e. The van der Waals surface area contributed by atoms with Crippen LogP contribution in [0.4, 0.5) is 0 Å². The first-order valence-electron chi connectivity index (χ1n) is 6.95. The van der Waals surface area contributed by atoms with Gasteiger partial charge >= 0.3 is 0 Å². The lowest BCUT2D eigenvalue weighted by Crippen LogP contribution is -2.53. The van der Waals surface area contributed by atoms with E-state index in [1.807, 2.05) is 23.1 Å². The number of ether oxygens (including phenoxy) is 1. The molecule has 0 saturated carbocycles. The van der Waals surface area contributed by atoms with Crippen LogP contribution in [0.3, 0.4) is 0 Å². The third-order valence-corrected chi connectivity index (χ3v) is 4.10. The topological polar surface area (TPSA) is 32.8 Å². The van der Waals surface area contributed by atoms with Gasteiger partial charge in [0.2, 0.25) is 5.91 Å². The van der Waals surface area contributed by atoms with Crippen LogP contribution in [0, 0.1) is 0 Å². The Hall–Kier alpha value is -1.39. The average Bonchev–Trinajstić information content (AvgIpc) is 2.87. The van der Waals surface area contributed by atoms with Crippen molar-refractivity contribution in [3.63, 3.8) is 0 Å². The number of likely N-dealkylation sites (N-methyl/N-ethyl adjacent to an activating group) is 1. The summed E-state index contributed by atoms with van der Waals surface area (Å²) >= 11 is 0. The van der Waals surface area contributed by atoms with Gasteiger partial charge in [0.25, 0.3) is 0 Å². The number of carbonyl (C=O) groups is 1. The molecule has 0 bridgehead atoms. The second-order valence-corrected chi connectivity index (χ2v) is 5.28. The van der Waals surface area contributed by atoms with E-state index >= 15 is 0 Å². The van der Waals surface area contributed by atoms with Gasteiger partial charge in [0.1, 0.15) is 6.61 Å². The van der Waals surface area contributed by atoms with Crippen LogP contribution < -0.4 is 0 Å². The molecule has 0 spiro atoms. The van der Waals surface area contributed by atoms with Crippen LogP contribution in [0.2, 0.25) is 0 Å².